The van der Waals surface area contributed by atoms with Gasteiger partial charge in [-0.3, -0.25) is 4.79 Å². The number of fused-ring (bicyclic) bond motifs is 1. The van der Waals surface area contributed by atoms with Crippen molar-refractivity contribution in [2.75, 3.05) is 37.6 Å². The topological polar surface area (TPSA) is 61.4 Å². The number of thiophene rings is 1. The van der Waals surface area contributed by atoms with E-state index in [-0.39, 0.29) is 38.4 Å². The summed E-state index contributed by atoms with van der Waals surface area (Å²) in [5, 5.41) is 4.54. The highest BCUT2D eigenvalue weighted by atomic mass is 32.1. The minimum absolute atomic E-state index is 0. The molecule has 6 nitrogen and oxygen atoms in total. The molecule has 3 aliphatic rings. The number of aryl methyl sites for hydroxylation is 1. The molecule has 3 aliphatic heterocycles. The molecule has 0 aliphatic carbocycles. The Balaban J connectivity index is 0.00000112. The molecular formula is C19H29N5OS3. The normalized spacial score (nSPS) is 25.1. The second kappa shape index (κ2) is 8.01. The maximum atomic E-state index is 12.6. The van der Waals surface area contributed by atoms with Gasteiger partial charge in [-0.1, -0.05) is 13.8 Å². The molecule has 5 rings (SSSR count). The van der Waals surface area contributed by atoms with Crippen LogP contribution in [-0.2, 0) is 11.2 Å². The van der Waals surface area contributed by atoms with E-state index in [4.69, 9.17) is 0 Å². The number of hydrogen-bond donors (Lipinski definition) is 1. The van der Waals surface area contributed by atoms with Crippen LogP contribution in [0.15, 0.2) is 12.4 Å². The lowest BCUT2D eigenvalue weighted by Crippen LogP contribution is -2.74. The molecule has 2 aromatic rings. The van der Waals surface area contributed by atoms with Crippen LogP contribution in [0.4, 0.5) is 5.82 Å². The number of likely N-dealkylation sites (tertiary alicyclic amines) is 1. The summed E-state index contributed by atoms with van der Waals surface area (Å²) >= 11 is 1.76. The largest absolute Gasteiger partial charge is 0.354 e. The fraction of sp³-hybridized carbons (Fsp3) is 0.632. The maximum absolute atomic E-state index is 12.6. The number of aromatic nitrogens is 2. The average molecular weight is 440 g/mol. The SMILES string of the molecule is CCc1cc2c(N3CC4(CN(C(=O)[C@@H]5C[C@H](C)CN5)C4)C3)ncnc2s1.S.S. The monoisotopic (exact) mass is 439 g/mol. The molecule has 0 bridgehead atoms. The second-order valence-electron chi connectivity index (χ2n) is 8.33. The Bertz CT molecular complexity index is 858. The van der Waals surface area contributed by atoms with Crippen LogP contribution in [0, 0.1) is 11.3 Å². The van der Waals surface area contributed by atoms with Crippen molar-refractivity contribution >= 4 is 60.3 Å². The van der Waals surface area contributed by atoms with Crippen LogP contribution in [-0.4, -0.2) is 59.5 Å². The van der Waals surface area contributed by atoms with E-state index in [1.165, 1.54) is 10.3 Å². The molecule has 28 heavy (non-hydrogen) atoms. The summed E-state index contributed by atoms with van der Waals surface area (Å²) in [6, 6.07) is 2.28. The van der Waals surface area contributed by atoms with Crippen LogP contribution in [0.1, 0.15) is 25.1 Å². The van der Waals surface area contributed by atoms with Crippen molar-refractivity contribution in [3.63, 3.8) is 0 Å². The Kier molecular flexibility index (Phi) is 6.20. The summed E-state index contributed by atoms with van der Waals surface area (Å²) in [5.41, 5.74) is 0.279. The third-order valence-corrected chi connectivity index (χ3v) is 7.26. The first-order chi connectivity index (χ1) is 12.6. The second-order valence-corrected chi connectivity index (χ2v) is 9.45. The first kappa shape index (κ1) is 21.7. The van der Waals surface area contributed by atoms with Crippen molar-refractivity contribution in [1.29, 1.82) is 0 Å². The third kappa shape index (κ3) is 3.51. The molecule has 1 spiro atoms. The number of amides is 1. The molecule has 0 aromatic carbocycles. The van der Waals surface area contributed by atoms with Gasteiger partial charge in [0.25, 0.3) is 0 Å². The fourth-order valence-electron chi connectivity index (χ4n) is 4.67. The van der Waals surface area contributed by atoms with E-state index in [0.717, 1.165) is 56.2 Å². The highest BCUT2D eigenvalue weighted by Gasteiger charge is 2.54. The van der Waals surface area contributed by atoms with Crippen LogP contribution in [0.25, 0.3) is 10.2 Å². The van der Waals surface area contributed by atoms with E-state index < -0.39 is 0 Å². The first-order valence-corrected chi connectivity index (χ1v) is 10.4. The van der Waals surface area contributed by atoms with Gasteiger partial charge in [0.1, 0.15) is 17.0 Å². The third-order valence-electron chi connectivity index (χ3n) is 6.07. The molecule has 0 radical (unpaired) electrons. The van der Waals surface area contributed by atoms with Crippen molar-refractivity contribution < 1.29 is 4.79 Å². The van der Waals surface area contributed by atoms with Crippen LogP contribution in [0.2, 0.25) is 0 Å². The van der Waals surface area contributed by atoms with Crippen LogP contribution in [0.3, 0.4) is 0 Å². The summed E-state index contributed by atoms with van der Waals surface area (Å²) in [6.07, 6.45) is 3.70. The van der Waals surface area contributed by atoms with Gasteiger partial charge in [0.2, 0.25) is 5.91 Å². The van der Waals surface area contributed by atoms with Crippen molar-refractivity contribution in [1.82, 2.24) is 20.2 Å². The number of rotatable bonds is 3. The summed E-state index contributed by atoms with van der Waals surface area (Å²) in [4.78, 5) is 28.4. The van der Waals surface area contributed by atoms with Crippen LogP contribution >= 0.6 is 38.3 Å². The molecule has 0 unspecified atom stereocenters. The summed E-state index contributed by atoms with van der Waals surface area (Å²) in [7, 11) is 0. The van der Waals surface area contributed by atoms with Gasteiger partial charge in [-0.05, 0) is 31.4 Å². The Morgan fingerprint density at radius 2 is 2.04 bits per heavy atom. The van der Waals surface area contributed by atoms with E-state index >= 15 is 0 Å². The van der Waals surface area contributed by atoms with Gasteiger partial charge < -0.3 is 15.1 Å². The minimum atomic E-state index is 0. The molecule has 3 saturated heterocycles. The molecule has 5 heterocycles. The van der Waals surface area contributed by atoms with Gasteiger partial charge in [-0.2, -0.15) is 27.0 Å². The minimum Gasteiger partial charge on any atom is -0.354 e. The van der Waals surface area contributed by atoms with E-state index in [1.807, 2.05) is 4.90 Å². The highest BCUT2D eigenvalue weighted by molar-refractivity contribution is 7.59. The number of nitrogens with zero attached hydrogens (tertiary/aromatic N) is 4. The zero-order valence-electron chi connectivity index (χ0n) is 16.4. The Labute approximate surface area is 184 Å². The fourth-order valence-corrected chi connectivity index (χ4v) is 5.60. The smallest absolute Gasteiger partial charge is 0.239 e. The maximum Gasteiger partial charge on any atom is 0.239 e. The Hall–Kier alpha value is -1.03. The lowest BCUT2D eigenvalue weighted by atomic mass is 9.72. The first-order valence-electron chi connectivity index (χ1n) is 9.57. The lowest BCUT2D eigenvalue weighted by Gasteiger charge is -2.60. The van der Waals surface area contributed by atoms with Crippen LogP contribution in [0.5, 0.6) is 0 Å². The Morgan fingerprint density at radius 1 is 1.29 bits per heavy atom. The van der Waals surface area contributed by atoms with E-state index in [1.54, 1.807) is 17.7 Å². The van der Waals surface area contributed by atoms with Gasteiger partial charge in [0.15, 0.2) is 0 Å². The quantitative estimate of drug-likeness (QED) is 0.794. The molecule has 154 valence electrons. The van der Waals surface area contributed by atoms with E-state index in [9.17, 15) is 4.79 Å². The number of carbonyl (C=O) groups excluding carboxylic acids is 1. The van der Waals surface area contributed by atoms with E-state index in [2.05, 4.69) is 40.1 Å². The van der Waals surface area contributed by atoms with Gasteiger partial charge in [-0.25, -0.2) is 9.97 Å². The molecule has 3 fully saturated rings. The predicted molar refractivity (Wildman–Crippen MR) is 124 cm³/mol. The van der Waals surface area contributed by atoms with Gasteiger partial charge in [0, 0.05) is 36.5 Å². The summed E-state index contributed by atoms with van der Waals surface area (Å²) in [5.74, 6) is 1.97. The zero-order chi connectivity index (χ0) is 17.9. The zero-order valence-corrected chi connectivity index (χ0v) is 19.2. The predicted octanol–water partition coefficient (Wildman–Crippen LogP) is 2.13. The number of anilines is 1. The van der Waals surface area contributed by atoms with Crippen molar-refractivity contribution in [3.8, 4) is 0 Å². The Morgan fingerprint density at radius 3 is 2.68 bits per heavy atom. The van der Waals surface area contributed by atoms with Crippen LogP contribution < -0.4 is 10.2 Å². The molecule has 1 amide bonds. The summed E-state index contributed by atoms with van der Waals surface area (Å²) in [6.45, 7) is 9.13. The molecule has 1 N–H and O–H groups in total. The number of nitrogens with one attached hydrogen (secondary N) is 1. The van der Waals surface area contributed by atoms with Gasteiger partial charge in [-0.15, -0.1) is 11.3 Å². The van der Waals surface area contributed by atoms with Crippen molar-refractivity contribution in [3.05, 3.63) is 17.3 Å². The molecule has 2 aromatic heterocycles. The number of carbonyl (C=O) groups is 1. The molecular weight excluding hydrogens is 410 g/mol. The molecule has 0 saturated carbocycles. The van der Waals surface area contributed by atoms with Gasteiger partial charge >= 0.3 is 0 Å². The van der Waals surface area contributed by atoms with Crippen molar-refractivity contribution in [2.45, 2.75) is 32.7 Å². The van der Waals surface area contributed by atoms with Gasteiger partial charge in [0.05, 0.1) is 11.4 Å². The van der Waals surface area contributed by atoms with Crippen molar-refractivity contribution in [2.24, 2.45) is 11.3 Å². The molecule has 2 atom stereocenters. The average Bonchev–Trinajstić information content (AvgIpc) is 3.18. The number of hydrogen-bond acceptors (Lipinski definition) is 6. The van der Waals surface area contributed by atoms with E-state index in [0.29, 0.717) is 11.8 Å². The lowest BCUT2D eigenvalue weighted by molar-refractivity contribution is -0.147. The highest BCUT2D eigenvalue weighted by Crippen LogP contribution is 2.44. The standard InChI is InChI=1S/C19H25N5OS.2H2S/c1-3-13-5-14-16(21-11-22-17(14)26-13)23-7-19(8-23)9-24(10-19)18(25)15-4-12(2)6-20-15;;/h5,11-12,15,20H,3-4,6-10H2,1-2H3;2*1H2/t12-,15-;;/m0../s1. The molecule has 9 heteroatoms. The summed E-state index contributed by atoms with van der Waals surface area (Å²) < 4.78 is 0.